The lowest BCUT2D eigenvalue weighted by molar-refractivity contribution is 0.0934. The maximum atomic E-state index is 12.4. The number of hydrogen-bond donors (Lipinski definition) is 3. The van der Waals surface area contributed by atoms with Gasteiger partial charge in [-0.25, -0.2) is 0 Å². The summed E-state index contributed by atoms with van der Waals surface area (Å²) < 4.78 is 15.6. The lowest BCUT2D eigenvalue weighted by atomic mass is 10.1. The zero-order valence-corrected chi connectivity index (χ0v) is 16.9. The van der Waals surface area contributed by atoms with Crippen molar-refractivity contribution in [3.8, 4) is 17.2 Å². The van der Waals surface area contributed by atoms with Gasteiger partial charge >= 0.3 is 0 Å². The van der Waals surface area contributed by atoms with Crippen molar-refractivity contribution in [1.82, 2.24) is 16.2 Å². The van der Waals surface area contributed by atoms with Crippen molar-refractivity contribution in [2.24, 2.45) is 0 Å². The third-order valence-electron chi connectivity index (χ3n) is 3.56. The lowest BCUT2D eigenvalue weighted by Crippen LogP contribution is -2.48. The third kappa shape index (κ3) is 5.02. The van der Waals surface area contributed by atoms with Gasteiger partial charge in [0.2, 0.25) is 5.75 Å². The van der Waals surface area contributed by atoms with Gasteiger partial charge in [0.1, 0.15) is 0 Å². The minimum Gasteiger partial charge on any atom is -0.493 e. The minimum absolute atomic E-state index is 0.112. The average Bonchev–Trinajstić information content (AvgIpc) is 2.70. The van der Waals surface area contributed by atoms with Gasteiger partial charge in [-0.15, -0.1) is 0 Å². The maximum Gasteiger partial charge on any atom is 0.271 e. The Bertz CT molecular complexity index is 882. The molecule has 2 aromatic rings. The van der Waals surface area contributed by atoms with E-state index in [2.05, 4.69) is 16.2 Å². The van der Waals surface area contributed by atoms with Gasteiger partial charge in [0.15, 0.2) is 16.6 Å². The molecule has 28 heavy (non-hydrogen) atoms. The van der Waals surface area contributed by atoms with Gasteiger partial charge < -0.3 is 14.2 Å². The molecule has 0 saturated heterocycles. The fourth-order valence-electron chi connectivity index (χ4n) is 2.24. The molecule has 0 atom stereocenters. The molecular formula is C18H18ClN3O5S. The van der Waals surface area contributed by atoms with Crippen molar-refractivity contribution in [2.45, 2.75) is 0 Å². The summed E-state index contributed by atoms with van der Waals surface area (Å²) in [6.45, 7) is 0. The highest BCUT2D eigenvalue weighted by Crippen LogP contribution is 2.38. The second kappa shape index (κ2) is 9.77. The van der Waals surface area contributed by atoms with Crippen molar-refractivity contribution in [3.63, 3.8) is 0 Å². The van der Waals surface area contributed by atoms with Crippen molar-refractivity contribution < 1.29 is 23.8 Å². The molecule has 10 heteroatoms. The molecule has 0 fully saturated rings. The molecule has 3 N–H and O–H groups in total. The number of benzene rings is 2. The number of thiocarbonyl (C=S) groups is 1. The number of rotatable bonds is 5. The number of hydrazine groups is 1. The van der Waals surface area contributed by atoms with Gasteiger partial charge in [0.25, 0.3) is 11.8 Å². The predicted molar refractivity (Wildman–Crippen MR) is 108 cm³/mol. The standard InChI is InChI=1S/C18H18ClN3O5S/c1-25-13-8-10(9-14(26-2)15(13)27-3)16(23)20-18(28)22-21-17(24)11-6-4-5-7-12(11)19/h4-9H,1-3H3,(H,21,24)(H2,20,22,23,28). The van der Waals surface area contributed by atoms with E-state index in [1.807, 2.05) is 0 Å². The molecular weight excluding hydrogens is 406 g/mol. The van der Waals surface area contributed by atoms with Crippen LogP contribution in [-0.2, 0) is 0 Å². The molecule has 8 nitrogen and oxygen atoms in total. The molecule has 0 spiro atoms. The largest absolute Gasteiger partial charge is 0.493 e. The Morgan fingerprint density at radius 3 is 2.07 bits per heavy atom. The lowest BCUT2D eigenvalue weighted by Gasteiger charge is -2.15. The van der Waals surface area contributed by atoms with Crippen molar-refractivity contribution in [2.75, 3.05) is 21.3 Å². The summed E-state index contributed by atoms with van der Waals surface area (Å²) in [4.78, 5) is 24.5. The van der Waals surface area contributed by atoms with Crippen LogP contribution in [0.25, 0.3) is 0 Å². The first-order valence-corrected chi connectivity index (χ1v) is 8.66. The van der Waals surface area contributed by atoms with E-state index in [9.17, 15) is 9.59 Å². The first kappa shape index (κ1) is 21.3. The van der Waals surface area contributed by atoms with E-state index in [0.29, 0.717) is 17.2 Å². The molecule has 2 rings (SSSR count). The summed E-state index contributed by atoms with van der Waals surface area (Å²) >= 11 is 11.0. The van der Waals surface area contributed by atoms with Crippen LogP contribution in [0.4, 0.5) is 0 Å². The number of methoxy groups -OCH3 is 3. The number of amides is 2. The van der Waals surface area contributed by atoms with E-state index in [-0.39, 0.29) is 21.3 Å². The molecule has 0 aliphatic rings. The molecule has 2 aromatic carbocycles. The Balaban J connectivity index is 2.03. The number of hydrogen-bond acceptors (Lipinski definition) is 6. The topological polar surface area (TPSA) is 97.9 Å². The summed E-state index contributed by atoms with van der Waals surface area (Å²) in [6.07, 6.45) is 0. The molecule has 0 aromatic heterocycles. The highest BCUT2D eigenvalue weighted by molar-refractivity contribution is 7.80. The fraction of sp³-hybridized carbons (Fsp3) is 0.167. The van der Waals surface area contributed by atoms with Crippen LogP contribution in [0.15, 0.2) is 36.4 Å². The van der Waals surface area contributed by atoms with Crippen LogP contribution < -0.4 is 30.4 Å². The van der Waals surface area contributed by atoms with Crippen LogP contribution in [0, 0.1) is 0 Å². The fourth-order valence-corrected chi connectivity index (χ4v) is 2.61. The summed E-state index contributed by atoms with van der Waals surface area (Å²) in [5.41, 5.74) is 5.28. The van der Waals surface area contributed by atoms with Gasteiger partial charge in [-0.3, -0.25) is 25.8 Å². The summed E-state index contributed by atoms with van der Waals surface area (Å²) in [5, 5.41) is 2.61. The Labute approximate surface area is 172 Å². The maximum absolute atomic E-state index is 12.4. The zero-order valence-electron chi connectivity index (χ0n) is 15.3. The quantitative estimate of drug-likeness (QED) is 0.501. The molecule has 0 aliphatic heterocycles. The zero-order chi connectivity index (χ0) is 20.7. The van der Waals surface area contributed by atoms with Crippen LogP contribution >= 0.6 is 23.8 Å². The number of carbonyl (C=O) groups is 2. The van der Waals surface area contributed by atoms with Crippen LogP contribution in [0.1, 0.15) is 20.7 Å². The molecule has 148 valence electrons. The SMILES string of the molecule is COc1cc(C(=O)NC(=S)NNC(=O)c2ccccc2Cl)cc(OC)c1OC. The normalized spacial score (nSPS) is 9.86. The summed E-state index contributed by atoms with van der Waals surface area (Å²) in [6, 6.07) is 9.46. The molecule has 0 radical (unpaired) electrons. The highest BCUT2D eigenvalue weighted by Gasteiger charge is 2.18. The van der Waals surface area contributed by atoms with Crippen molar-refractivity contribution >= 4 is 40.7 Å². The Kier molecular flexibility index (Phi) is 7.42. The number of nitrogens with one attached hydrogen (secondary N) is 3. The summed E-state index contributed by atoms with van der Waals surface area (Å²) in [7, 11) is 4.34. The van der Waals surface area contributed by atoms with E-state index >= 15 is 0 Å². The molecule has 0 aliphatic carbocycles. The van der Waals surface area contributed by atoms with Crippen molar-refractivity contribution in [3.05, 3.63) is 52.5 Å². The Morgan fingerprint density at radius 2 is 1.54 bits per heavy atom. The van der Waals surface area contributed by atoms with Gasteiger partial charge in [0.05, 0.1) is 31.9 Å². The summed E-state index contributed by atoms with van der Waals surface area (Å²) in [5.74, 6) is -0.0521. The van der Waals surface area contributed by atoms with E-state index in [4.69, 9.17) is 38.0 Å². The second-order valence-corrected chi connectivity index (χ2v) is 6.07. The molecule has 2 amide bonds. The Hall–Kier alpha value is -3.04. The number of carbonyl (C=O) groups excluding carboxylic acids is 2. The smallest absolute Gasteiger partial charge is 0.271 e. The van der Waals surface area contributed by atoms with Crippen LogP contribution in [-0.4, -0.2) is 38.3 Å². The second-order valence-electron chi connectivity index (χ2n) is 5.26. The van der Waals surface area contributed by atoms with E-state index < -0.39 is 11.8 Å². The van der Waals surface area contributed by atoms with Crippen LogP contribution in [0.2, 0.25) is 5.02 Å². The molecule has 0 bridgehead atoms. The van der Waals surface area contributed by atoms with Gasteiger partial charge in [-0.05, 0) is 36.5 Å². The van der Waals surface area contributed by atoms with E-state index in [0.717, 1.165) is 0 Å². The monoisotopic (exact) mass is 423 g/mol. The van der Waals surface area contributed by atoms with E-state index in [1.165, 1.54) is 33.5 Å². The van der Waals surface area contributed by atoms with Crippen molar-refractivity contribution in [1.29, 1.82) is 0 Å². The van der Waals surface area contributed by atoms with Gasteiger partial charge in [-0.2, -0.15) is 0 Å². The third-order valence-corrected chi connectivity index (χ3v) is 4.10. The molecule has 0 saturated carbocycles. The van der Waals surface area contributed by atoms with Crippen LogP contribution in [0.5, 0.6) is 17.2 Å². The number of ether oxygens (including phenoxy) is 3. The molecule has 0 unspecified atom stereocenters. The van der Waals surface area contributed by atoms with Gasteiger partial charge in [-0.1, -0.05) is 23.7 Å². The minimum atomic E-state index is -0.538. The van der Waals surface area contributed by atoms with Crippen LogP contribution in [0.3, 0.4) is 0 Å². The Morgan fingerprint density at radius 1 is 0.929 bits per heavy atom. The van der Waals surface area contributed by atoms with E-state index in [1.54, 1.807) is 24.3 Å². The van der Waals surface area contributed by atoms with Gasteiger partial charge in [0, 0.05) is 5.56 Å². The highest BCUT2D eigenvalue weighted by atomic mass is 35.5. The molecule has 0 heterocycles. The average molecular weight is 424 g/mol. The number of halogens is 1. The first-order chi connectivity index (χ1) is 13.4. The first-order valence-electron chi connectivity index (χ1n) is 7.87. The predicted octanol–water partition coefficient (Wildman–Crippen LogP) is 2.32.